The van der Waals surface area contributed by atoms with E-state index in [0.717, 1.165) is 5.69 Å². The van der Waals surface area contributed by atoms with Crippen molar-refractivity contribution in [2.45, 2.75) is 6.29 Å². The Morgan fingerprint density at radius 1 is 0.500 bits per heavy atom. The molecule has 0 amide bonds. The van der Waals surface area contributed by atoms with E-state index in [1.165, 1.54) is 66.1 Å². The molecule has 0 saturated heterocycles. The molecule has 0 radical (unpaired) electrons. The third-order valence-corrected chi connectivity index (χ3v) is 8.91. The molecule has 8 aromatic rings. The highest BCUT2D eigenvalue weighted by Crippen LogP contribution is 2.42. The Balaban J connectivity index is 1.23. The third kappa shape index (κ3) is 3.23. The van der Waals surface area contributed by atoms with E-state index >= 15 is 0 Å². The van der Waals surface area contributed by atoms with Crippen LogP contribution in [-0.2, 0) is 0 Å². The number of para-hydroxylation sites is 5. The third-order valence-electron chi connectivity index (χ3n) is 8.91. The smallest absolute Gasteiger partial charge is 0.183 e. The van der Waals surface area contributed by atoms with E-state index < -0.39 is 0 Å². The van der Waals surface area contributed by atoms with Crippen molar-refractivity contribution in [2.24, 2.45) is 0 Å². The van der Waals surface area contributed by atoms with Gasteiger partial charge in [-0.3, -0.25) is 0 Å². The summed E-state index contributed by atoms with van der Waals surface area (Å²) in [5.41, 5.74) is 10.9. The lowest BCUT2D eigenvalue weighted by Crippen LogP contribution is -2.29. The molecule has 200 valence electrons. The lowest BCUT2D eigenvalue weighted by molar-refractivity contribution is 0.607. The van der Waals surface area contributed by atoms with Gasteiger partial charge < -0.3 is 19.4 Å². The van der Waals surface area contributed by atoms with Gasteiger partial charge in [0.1, 0.15) is 0 Å². The first kappa shape index (κ1) is 23.2. The van der Waals surface area contributed by atoms with Crippen LogP contribution in [0.5, 0.6) is 0 Å². The van der Waals surface area contributed by atoms with Crippen LogP contribution in [0.15, 0.2) is 140 Å². The Kier molecular flexibility index (Phi) is 4.85. The molecule has 6 aromatic carbocycles. The first-order valence-electron chi connectivity index (χ1n) is 14.5. The van der Waals surface area contributed by atoms with Crippen LogP contribution in [0.25, 0.3) is 60.4 Å². The van der Waals surface area contributed by atoms with E-state index in [9.17, 15) is 0 Å². The molecule has 4 nitrogen and oxygen atoms in total. The van der Waals surface area contributed by atoms with Crippen LogP contribution in [0.2, 0.25) is 0 Å². The fourth-order valence-electron chi connectivity index (χ4n) is 6.96. The van der Waals surface area contributed by atoms with E-state index in [1.54, 1.807) is 0 Å². The topological polar surface area (TPSA) is 25.1 Å². The second-order valence-electron chi connectivity index (χ2n) is 11.2. The zero-order chi connectivity index (χ0) is 27.8. The SMILES string of the molecule is CN1c2ccccc2NC1n1c2ccccc2c2cc(-c3ccc4c(c3)c3ccccc3n4-c3ccccc3)ccc21. The molecule has 1 aliphatic rings. The highest BCUT2D eigenvalue weighted by molar-refractivity contribution is 6.12. The number of fused-ring (bicyclic) bond motifs is 7. The van der Waals surface area contributed by atoms with Crippen LogP contribution in [0.1, 0.15) is 6.29 Å². The summed E-state index contributed by atoms with van der Waals surface area (Å²) in [5, 5.41) is 8.82. The highest BCUT2D eigenvalue weighted by Gasteiger charge is 2.29. The molecule has 9 rings (SSSR count). The Hall–Kier alpha value is -5.48. The number of hydrogen-bond acceptors (Lipinski definition) is 2. The van der Waals surface area contributed by atoms with E-state index in [0.29, 0.717) is 0 Å². The molecule has 0 saturated carbocycles. The predicted octanol–water partition coefficient (Wildman–Crippen LogP) is 9.58. The Labute approximate surface area is 243 Å². The van der Waals surface area contributed by atoms with E-state index in [-0.39, 0.29) is 6.29 Å². The molecule has 0 bridgehead atoms. The second kappa shape index (κ2) is 8.76. The van der Waals surface area contributed by atoms with E-state index in [1.807, 2.05) is 0 Å². The molecule has 2 aromatic heterocycles. The molecule has 1 aliphatic heterocycles. The van der Waals surface area contributed by atoms with Crippen LogP contribution in [0.3, 0.4) is 0 Å². The first-order valence-corrected chi connectivity index (χ1v) is 14.5. The van der Waals surface area contributed by atoms with Gasteiger partial charge in [-0.05, 0) is 71.8 Å². The van der Waals surface area contributed by atoms with Crippen LogP contribution in [0, 0.1) is 0 Å². The predicted molar refractivity (Wildman–Crippen MR) is 177 cm³/mol. The molecule has 1 unspecified atom stereocenters. The normalized spacial score (nSPS) is 14.7. The average Bonchev–Trinajstić information content (AvgIpc) is 3.68. The molecule has 3 heterocycles. The minimum Gasteiger partial charge on any atom is -0.346 e. The second-order valence-corrected chi connectivity index (χ2v) is 11.2. The summed E-state index contributed by atoms with van der Waals surface area (Å²) in [6.07, 6.45) is -0.00360. The summed E-state index contributed by atoms with van der Waals surface area (Å²) >= 11 is 0. The van der Waals surface area contributed by atoms with Gasteiger partial charge in [-0.1, -0.05) is 78.9 Å². The van der Waals surface area contributed by atoms with Crippen molar-refractivity contribution in [3.63, 3.8) is 0 Å². The van der Waals surface area contributed by atoms with Gasteiger partial charge in [0, 0.05) is 34.3 Å². The lowest BCUT2D eigenvalue weighted by Gasteiger charge is -2.25. The molecule has 42 heavy (non-hydrogen) atoms. The van der Waals surface area contributed by atoms with Crippen LogP contribution < -0.4 is 10.2 Å². The van der Waals surface area contributed by atoms with Gasteiger partial charge in [-0.15, -0.1) is 0 Å². The van der Waals surface area contributed by atoms with Crippen LogP contribution in [0.4, 0.5) is 11.4 Å². The maximum absolute atomic E-state index is 3.76. The molecular formula is C38H28N4. The number of hydrogen-bond donors (Lipinski definition) is 1. The van der Waals surface area contributed by atoms with Gasteiger partial charge in [0.15, 0.2) is 6.29 Å². The summed E-state index contributed by atoms with van der Waals surface area (Å²) in [4.78, 5) is 2.32. The number of nitrogens with one attached hydrogen (secondary N) is 1. The summed E-state index contributed by atoms with van der Waals surface area (Å²) in [6.45, 7) is 0. The minimum absolute atomic E-state index is 0.00360. The van der Waals surface area contributed by atoms with Crippen molar-refractivity contribution >= 4 is 55.0 Å². The van der Waals surface area contributed by atoms with Crippen molar-refractivity contribution in [3.05, 3.63) is 140 Å². The Morgan fingerprint density at radius 2 is 1.05 bits per heavy atom. The quantitative estimate of drug-likeness (QED) is 0.241. The summed E-state index contributed by atoms with van der Waals surface area (Å²) in [6, 6.07) is 50.5. The number of anilines is 2. The lowest BCUT2D eigenvalue weighted by atomic mass is 10.0. The standard InChI is InChI=1S/C38H28N4/c1-40-37-18-10-7-15-32(37)39-38(40)42-34-17-9-6-14-29(34)31-24-26(20-22-36(31)42)25-19-21-35-30(23-25)28-13-5-8-16-33(28)41(35)27-11-3-2-4-12-27/h2-24,38-39H,1H3. The van der Waals surface area contributed by atoms with Gasteiger partial charge in [-0.25, -0.2) is 0 Å². The Bertz CT molecular complexity index is 2310. The van der Waals surface area contributed by atoms with E-state index in [2.05, 4.69) is 166 Å². The largest absolute Gasteiger partial charge is 0.346 e. The number of nitrogens with zero attached hydrogens (tertiary/aromatic N) is 3. The summed E-state index contributed by atoms with van der Waals surface area (Å²) in [5.74, 6) is 0. The molecule has 0 aliphatic carbocycles. The van der Waals surface area contributed by atoms with Gasteiger partial charge >= 0.3 is 0 Å². The van der Waals surface area contributed by atoms with Crippen LogP contribution in [-0.4, -0.2) is 16.2 Å². The number of rotatable bonds is 3. The summed E-state index contributed by atoms with van der Waals surface area (Å²) in [7, 11) is 2.17. The fraction of sp³-hybridized carbons (Fsp3) is 0.0526. The van der Waals surface area contributed by atoms with Crippen molar-refractivity contribution in [1.82, 2.24) is 9.13 Å². The zero-order valence-corrected chi connectivity index (χ0v) is 23.2. The fourth-order valence-corrected chi connectivity index (χ4v) is 6.96. The van der Waals surface area contributed by atoms with Gasteiger partial charge in [0.05, 0.1) is 33.4 Å². The molecule has 1 N–H and O–H groups in total. The molecular weight excluding hydrogens is 512 g/mol. The van der Waals surface area contributed by atoms with Crippen molar-refractivity contribution in [2.75, 3.05) is 17.3 Å². The monoisotopic (exact) mass is 540 g/mol. The van der Waals surface area contributed by atoms with Crippen LogP contribution >= 0.6 is 0 Å². The van der Waals surface area contributed by atoms with Crippen molar-refractivity contribution < 1.29 is 0 Å². The number of benzene rings is 6. The molecule has 4 heteroatoms. The van der Waals surface area contributed by atoms with Gasteiger partial charge in [-0.2, -0.15) is 0 Å². The summed E-state index contributed by atoms with van der Waals surface area (Å²) < 4.78 is 4.81. The van der Waals surface area contributed by atoms with E-state index in [4.69, 9.17) is 0 Å². The molecule has 0 spiro atoms. The highest BCUT2D eigenvalue weighted by atomic mass is 15.4. The van der Waals surface area contributed by atoms with Crippen molar-refractivity contribution in [1.29, 1.82) is 0 Å². The Morgan fingerprint density at radius 3 is 1.81 bits per heavy atom. The van der Waals surface area contributed by atoms with Gasteiger partial charge in [0.2, 0.25) is 0 Å². The average molecular weight is 541 g/mol. The maximum atomic E-state index is 3.76. The zero-order valence-electron chi connectivity index (χ0n) is 23.2. The number of aromatic nitrogens is 2. The molecule has 1 atom stereocenters. The molecule has 0 fully saturated rings. The van der Waals surface area contributed by atoms with Gasteiger partial charge in [0.25, 0.3) is 0 Å². The maximum Gasteiger partial charge on any atom is 0.183 e. The first-order chi connectivity index (χ1) is 20.8. The van der Waals surface area contributed by atoms with Crippen molar-refractivity contribution in [3.8, 4) is 16.8 Å². The minimum atomic E-state index is -0.00360.